The third-order valence-electron chi connectivity index (χ3n) is 2.85. The van der Waals surface area contributed by atoms with E-state index in [1.54, 1.807) is 6.20 Å². The van der Waals surface area contributed by atoms with E-state index in [2.05, 4.69) is 16.4 Å². The molecule has 0 aliphatic rings. The molecule has 2 rings (SSSR count). The molecular weight excluding hydrogens is 241 g/mol. The van der Waals surface area contributed by atoms with Gasteiger partial charge in [-0.15, -0.1) is 0 Å². The monoisotopic (exact) mass is 255 g/mol. The van der Waals surface area contributed by atoms with Gasteiger partial charge in [0, 0.05) is 11.9 Å². The number of nitriles is 1. The number of hydrogen-bond acceptors (Lipinski definition) is 3. The molecule has 1 aromatic heterocycles. The molecule has 1 unspecified atom stereocenters. The zero-order valence-corrected chi connectivity index (χ0v) is 10.6. The summed E-state index contributed by atoms with van der Waals surface area (Å²) in [6.45, 7) is 1.94. The van der Waals surface area contributed by atoms with Crippen molar-refractivity contribution in [3.05, 3.63) is 59.7 Å². The van der Waals surface area contributed by atoms with Gasteiger partial charge < -0.3 is 5.32 Å². The number of nitrogens with zero attached hydrogens (tertiary/aromatic N) is 2. The third kappa shape index (κ3) is 3.52. The van der Waals surface area contributed by atoms with Gasteiger partial charge >= 0.3 is 0 Å². The molecule has 1 aromatic carbocycles. The Kier molecular flexibility index (Phi) is 4.09. The first-order valence-electron chi connectivity index (χ1n) is 6.02. The van der Waals surface area contributed by atoms with Gasteiger partial charge in [0.2, 0.25) is 0 Å². The van der Waals surface area contributed by atoms with Gasteiger partial charge in [0.25, 0.3) is 0 Å². The summed E-state index contributed by atoms with van der Waals surface area (Å²) in [5, 5.41) is 11.9. The second kappa shape index (κ2) is 5.96. The minimum atomic E-state index is -0.337. The minimum absolute atomic E-state index is 0.0370. The number of nitrogens with one attached hydrogen (secondary N) is 1. The molecule has 0 aliphatic carbocycles. The molecule has 0 fully saturated rings. The minimum Gasteiger partial charge on any atom is -0.378 e. The van der Waals surface area contributed by atoms with Crippen LogP contribution in [0.15, 0.2) is 42.7 Å². The molecule has 96 valence electrons. The summed E-state index contributed by atoms with van der Waals surface area (Å²) in [5.41, 5.74) is 2.70. The summed E-state index contributed by atoms with van der Waals surface area (Å²) < 4.78 is 13.1. The van der Waals surface area contributed by atoms with Crippen molar-refractivity contribution < 1.29 is 4.39 Å². The standard InChI is InChI=1S/C15H14FN3/c1-11(13-8-14(16)10-18-9-13)19-15-4-2-12(3-5-15)6-7-17/h2-5,8-11,19H,6H2,1H3. The highest BCUT2D eigenvalue weighted by molar-refractivity contribution is 5.46. The van der Waals surface area contributed by atoms with Crippen LogP contribution < -0.4 is 5.32 Å². The zero-order chi connectivity index (χ0) is 13.7. The fourth-order valence-electron chi connectivity index (χ4n) is 1.81. The SMILES string of the molecule is CC(Nc1ccc(CC#N)cc1)c1cncc(F)c1. The smallest absolute Gasteiger partial charge is 0.141 e. The van der Waals surface area contributed by atoms with Crippen molar-refractivity contribution in [2.24, 2.45) is 0 Å². The van der Waals surface area contributed by atoms with Crippen LogP contribution in [0.2, 0.25) is 0 Å². The highest BCUT2D eigenvalue weighted by Gasteiger charge is 2.06. The number of halogens is 1. The normalized spacial score (nSPS) is 11.6. The molecule has 0 radical (unpaired) electrons. The summed E-state index contributed by atoms with van der Waals surface area (Å²) in [7, 11) is 0. The Balaban J connectivity index is 2.06. The van der Waals surface area contributed by atoms with Crippen molar-refractivity contribution in [1.29, 1.82) is 5.26 Å². The molecular formula is C15H14FN3. The summed E-state index contributed by atoms with van der Waals surface area (Å²) in [4.78, 5) is 3.83. The number of rotatable bonds is 4. The van der Waals surface area contributed by atoms with Crippen molar-refractivity contribution in [3.63, 3.8) is 0 Å². The van der Waals surface area contributed by atoms with Crippen LogP contribution in [0.3, 0.4) is 0 Å². The molecule has 0 amide bonds. The van der Waals surface area contributed by atoms with E-state index < -0.39 is 0 Å². The van der Waals surface area contributed by atoms with Crippen molar-refractivity contribution in [3.8, 4) is 6.07 Å². The Labute approximate surface area is 111 Å². The van der Waals surface area contributed by atoms with E-state index in [9.17, 15) is 4.39 Å². The quantitative estimate of drug-likeness (QED) is 0.910. The van der Waals surface area contributed by atoms with E-state index in [-0.39, 0.29) is 11.9 Å². The molecule has 2 aromatic rings. The highest BCUT2D eigenvalue weighted by atomic mass is 19.1. The molecule has 0 saturated heterocycles. The average molecular weight is 255 g/mol. The lowest BCUT2D eigenvalue weighted by Gasteiger charge is -2.15. The Morgan fingerprint density at radius 3 is 2.68 bits per heavy atom. The lowest BCUT2D eigenvalue weighted by molar-refractivity contribution is 0.616. The molecule has 0 bridgehead atoms. The van der Waals surface area contributed by atoms with Gasteiger partial charge in [0.05, 0.1) is 24.7 Å². The first-order valence-corrected chi connectivity index (χ1v) is 6.02. The number of benzene rings is 1. The largest absolute Gasteiger partial charge is 0.378 e. The maximum Gasteiger partial charge on any atom is 0.141 e. The first-order chi connectivity index (χ1) is 9.19. The van der Waals surface area contributed by atoms with Crippen LogP contribution in [-0.4, -0.2) is 4.98 Å². The predicted octanol–water partition coefficient (Wildman–Crippen LogP) is 3.46. The van der Waals surface area contributed by atoms with Gasteiger partial charge in [-0.2, -0.15) is 5.26 Å². The predicted molar refractivity (Wildman–Crippen MR) is 72.0 cm³/mol. The van der Waals surface area contributed by atoms with Crippen LogP contribution in [0, 0.1) is 17.1 Å². The fourth-order valence-corrected chi connectivity index (χ4v) is 1.81. The van der Waals surface area contributed by atoms with Gasteiger partial charge in [-0.3, -0.25) is 4.98 Å². The molecule has 4 heteroatoms. The molecule has 0 spiro atoms. The van der Waals surface area contributed by atoms with Crippen LogP contribution in [-0.2, 0) is 6.42 Å². The Bertz CT molecular complexity index is 587. The lowest BCUT2D eigenvalue weighted by atomic mass is 10.1. The van der Waals surface area contributed by atoms with Crippen LogP contribution in [0.25, 0.3) is 0 Å². The maximum atomic E-state index is 13.1. The van der Waals surface area contributed by atoms with Crippen LogP contribution in [0.1, 0.15) is 24.1 Å². The second-order valence-corrected chi connectivity index (χ2v) is 4.33. The van der Waals surface area contributed by atoms with Crippen molar-refractivity contribution in [2.45, 2.75) is 19.4 Å². The van der Waals surface area contributed by atoms with E-state index >= 15 is 0 Å². The number of pyridine rings is 1. The molecule has 1 N–H and O–H groups in total. The molecule has 3 nitrogen and oxygen atoms in total. The molecule has 1 atom stereocenters. The van der Waals surface area contributed by atoms with E-state index in [1.165, 1.54) is 12.3 Å². The van der Waals surface area contributed by atoms with Crippen LogP contribution in [0.5, 0.6) is 0 Å². The Morgan fingerprint density at radius 1 is 1.32 bits per heavy atom. The van der Waals surface area contributed by atoms with Crippen LogP contribution >= 0.6 is 0 Å². The van der Waals surface area contributed by atoms with Crippen LogP contribution in [0.4, 0.5) is 10.1 Å². The molecule has 0 aliphatic heterocycles. The summed E-state index contributed by atoms with van der Waals surface area (Å²) in [5.74, 6) is -0.337. The number of aromatic nitrogens is 1. The second-order valence-electron chi connectivity index (χ2n) is 4.33. The van der Waals surface area contributed by atoms with Gasteiger partial charge in [-0.25, -0.2) is 4.39 Å². The van der Waals surface area contributed by atoms with Crippen molar-refractivity contribution >= 4 is 5.69 Å². The highest BCUT2D eigenvalue weighted by Crippen LogP contribution is 2.19. The average Bonchev–Trinajstić information content (AvgIpc) is 2.41. The van der Waals surface area contributed by atoms with E-state index in [4.69, 9.17) is 5.26 Å². The Hall–Kier alpha value is -2.41. The van der Waals surface area contributed by atoms with E-state index in [0.29, 0.717) is 6.42 Å². The summed E-state index contributed by atoms with van der Waals surface area (Å²) >= 11 is 0. The topological polar surface area (TPSA) is 48.7 Å². The molecule has 19 heavy (non-hydrogen) atoms. The summed E-state index contributed by atoms with van der Waals surface area (Å²) in [6, 6.07) is 11.2. The third-order valence-corrected chi connectivity index (χ3v) is 2.85. The van der Waals surface area contributed by atoms with Gasteiger partial charge in [0.1, 0.15) is 5.82 Å². The lowest BCUT2D eigenvalue weighted by Crippen LogP contribution is -2.07. The number of anilines is 1. The van der Waals surface area contributed by atoms with Crippen molar-refractivity contribution in [2.75, 3.05) is 5.32 Å². The van der Waals surface area contributed by atoms with Gasteiger partial charge in [-0.1, -0.05) is 12.1 Å². The molecule has 1 heterocycles. The van der Waals surface area contributed by atoms with Gasteiger partial charge in [0.15, 0.2) is 0 Å². The van der Waals surface area contributed by atoms with Crippen molar-refractivity contribution in [1.82, 2.24) is 4.98 Å². The van der Waals surface area contributed by atoms with Gasteiger partial charge in [-0.05, 0) is 36.2 Å². The van der Waals surface area contributed by atoms with E-state index in [0.717, 1.165) is 16.8 Å². The maximum absolute atomic E-state index is 13.1. The number of hydrogen-bond donors (Lipinski definition) is 1. The zero-order valence-electron chi connectivity index (χ0n) is 10.6. The molecule has 0 saturated carbocycles. The first kappa shape index (κ1) is 13.0. The summed E-state index contributed by atoms with van der Waals surface area (Å²) in [6.07, 6.45) is 3.24. The fraction of sp³-hybridized carbons (Fsp3) is 0.200. The van der Waals surface area contributed by atoms with E-state index in [1.807, 2.05) is 31.2 Å². The Morgan fingerprint density at radius 2 is 2.05 bits per heavy atom.